The molecule has 0 radical (unpaired) electrons. The van der Waals surface area contributed by atoms with Gasteiger partial charge in [-0.15, -0.1) is 11.8 Å². The van der Waals surface area contributed by atoms with Crippen molar-refractivity contribution < 1.29 is 33.0 Å². The molecule has 2 rings (SSSR count). The zero-order valence-corrected chi connectivity index (χ0v) is 34.5. The van der Waals surface area contributed by atoms with Crippen LogP contribution >= 0.6 is 0 Å². The molecule has 0 spiro atoms. The molecule has 1 saturated carbocycles. The fraction of sp³-hybridized carbons (Fsp3) is 0.718. The zero-order valence-electron chi connectivity index (χ0n) is 32.5. The van der Waals surface area contributed by atoms with E-state index in [0.717, 1.165) is 17.5 Å². The Morgan fingerprint density at radius 3 is 2.27 bits per heavy atom. The summed E-state index contributed by atoms with van der Waals surface area (Å²) in [5.74, 6) is 6.59. The average Bonchev–Trinajstić information content (AvgIpc) is 3.28. The molecular formula is C39H66O7Si2. The minimum absolute atomic E-state index is 0.0118. The number of aliphatic hydroxyl groups is 1. The van der Waals surface area contributed by atoms with Crippen molar-refractivity contribution in [1.29, 1.82) is 0 Å². The molecule has 1 fully saturated rings. The number of aliphatic hydroxyl groups excluding tert-OH is 1. The molecule has 7 nitrogen and oxygen atoms in total. The average molecular weight is 703 g/mol. The van der Waals surface area contributed by atoms with Crippen LogP contribution in [-0.4, -0.2) is 67.0 Å². The lowest BCUT2D eigenvalue weighted by Crippen LogP contribution is -2.45. The third-order valence-electron chi connectivity index (χ3n) is 10.8. The van der Waals surface area contributed by atoms with Crippen molar-refractivity contribution in [3.05, 3.63) is 41.5 Å². The number of aryl methyl sites for hydroxylation is 1. The Hall–Kier alpha value is -1.94. The molecule has 0 saturated heterocycles. The topological polar surface area (TPSA) is 83.5 Å². The van der Waals surface area contributed by atoms with Crippen LogP contribution in [0.1, 0.15) is 98.1 Å². The monoisotopic (exact) mass is 702 g/mol. The van der Waals surface area contributed by atoms with Crippen LogP contribution in [0.5, 0.6) is 5.75 Å². The summed E-state index contributed by atoms with van der Waals surface area (Å²) in [5.41, 5.74) is 1.90. The molecule has 272 valence electrons. The van der Waals surface area contributed by atoms with Crippen LogP contribution in [0.2, 0.25) is 36.3 Å². The van der Waals surface area contributed by atoms with E-state index < -0.39 is 22.7 Å². The molecule has 0 heterocycles. The predicted molar refractivity (Wildman–Crippen MR) is 201 cm³/mol. The number of ether oxygens (including phenoxy) is 3. The summed E-state index contributed by atoms with van der Waals surface area (Å²) in [6, 6.07) is 6.11. The van der Waals surface area contributed by atoms with Crippen LogP contribution in [0.4, 0.5) is 0 Å². The highest BCUT2D eigenvalue weighted by atomic mass is 28.4. The van der Waals surface area contributed by atoms with Gasteiger partial charge in [-0.1, -0.05) is 78.8 Å². The highest BCUT2D eigenvalue weighted by Gasteiger charge is 2.49. The number of hydrogen-bond donors (Lipinski definition) is 1. The molecule has 1 aromatic carbocycles. The SMILES string of the molecule is CC#CCC(C)C(C=CC1C(O[Si](C)(C)C(C)(C)C)CC(O)C1c1cccc(CCCC(=O)OC)c1OCOC)O[Si](C)(C)C(C)(C)C. The Morgan fingerprint density at radius 1 is 1.06 bits per heavy atom. The maximum atomic E-state index is 11.9. The highest BCUT2D eigenvalue weighted by Crippen LogP contribution is 2.49. The smallest absolute Gasteiger partial charge is 0.305 e. The summed E-state index contributed by atoms with van der Waals surface area (Å²) >= 11 is 0. The van der Waals surface area contributed by atoms with Crippen LogP contribution in [0, 0.1) is 23.7 Å². The van der Waals surface area contributed by atoms with Gasteiger partial charge in [0.25, 0.3) is 0 Å². The standard InChI is InChI=1S/C39H66O7Si2/c1-15-16-19-28(2)33(45-47(11,12)38(3,4)5)25-24-30-34(46-48(13,14)39(6,7)8)26-32(40)36(30)31-22-17-20-29(37(31)44-27-42-9)21-18-23-35(41)43-10/h17,20,22,24-25,28,30,32-34,36,40H,18-19,21,23,26-27H2,1-14H3. The molecule has 6 unspecified atom stereocenters. The number of benzene rings is 1. The molecule has 1 aromatic rings. The van der Waals surface area contributed by atoms with Crippen molar-refractivity contribution in [1.82, 2.24) is 0 Å². The Labute approximate surface area is 294 Å². The van der Waals surface area contributed by atoms with E-state index in [1.54, 1.807) is 7.11 Å². The second-order valence-corrected chi connectivity index (χ2v) is 26.0. The number of esters is 1. The molecule has 48 heavy (non-hydrogen) atoms. The van der Waals surface area contributed by atoms with Crippen molar-refractivity contribution in [2.45, 2.75) is 148 Å². The Bertz CT molecular complexity index is 1270. The minimum Gasteiger partial charge on any atom is -0.469 e. The van der Waals surface area contributed by atoms with Crippen LogP contribution in [-0.2, 0) is 29.5 Å². The Morgan fingerprint density at radius 2 is 1.71 bits per heavy atom. The fourth-order valence-corrected chi connectivity index (χ4v) is 8.44. The number of para-hydroxylation sites is 1. The lowest BCUT2D eigenvalue weighted by Gasteiger charge is -2.41. The summed E-state index contributed by atoms with van der Waals surface area (Å²) < 4.78 is 30.7. The first-order valence-electron chi connectivity index (χ1n) is 17.6. The Kier molecular flexibility index (Phi) is 15.7. The highest BCUT2D eigenvalue weighted by molar-refractivity contribution is 6.74. The maximum absolute atomic E-state index is 11.9. The van der Waals surface area contributed by atoms with Gasteiger partial charge in [0.1, 0.15) is 5.75 Å². The summed E-state index contributed by atoms with van der Waals surface area (Å²) in [4.78, 5) is 11.9. The van der Waals surface area contributed by atoms with E-state index in [-0.39, 0.29) is 52.8 Å². The summed E-state index contributed by atoms with van der Waals surface area (Å²) in [7, 11) is -1.29. The van der Waals surface area contributed by atoms with E-state index in [4.69, 9.17) is 23.1 Å². The van der Waals surface area contributed by atoms with Crippen molar-refractivity contribution in [2.24, 2.45) is 11.8 Å². The first-order valence-corrected chi connectivity index (χ1v) is 23.4. The molecule has 0 aromatic heterocycles. The zero-order chi connectivity index (χ0) is 36.5. The van der Waals surface area contributed by atoms with E-state index in [1.807, 2.05) is 19.1 Å². The molecule has 9 heteroatoms. The van der Waals surface area contributed by atoms with Gasteiger partial charge in [-0.2, -0.15) is 0 Å². The maximum Gasteiger partial charge on any atom is 0.305 e. The van der Waals surface area contributed by atoms with Crippen molar-refractivity contribution in [2.75, 3.05) is 21.0 Å². The van der Waals surface area contributed by atoms with Crippen molar-refractivity contribution in [3.63, 3.8) is 0 Å². The van der Waals surface area contributed by atoms with E-state index in [9.17, 15) is 9.90 Å². The number of rotatable bonds is 16. The summed E-state index contributed by atoms with van der Waals surface area (Å²) in [6.45, 7) is 26.9. The third-order valence-corrected chi connectivity index (χ3v) is 19.7. The number of carbonyl (C=O) groups excluding carboxylic acids is 1. The minimum atomic E-state index is -2.19. The molecular weight excluding hydrogens is 637 g/mol. The van der Waals surface area contributed by atoms with Gasteiger partial charge in [0.05, 0.1) is 25.4 Å². The van der Waals surface area contributed by atoms with E-state index in [1.165, 1.54) is 7.11 Å². The van der Waals surface area contributed by atoms with Crippen molar-refractivity contribution >= 4 is 22.6 Å². The van der Waals surface area contributed by atoms with Gasteiger partial charge in [-0.3, -0.25) is 4.79 Å². The normalized spacial score (nSPS) is 21.9. The van der Waals surface area contributed by atoms with Gasteiger partial charge in [-0.25, -0.2) is 0 Å². The molecule has 1 N–H and O–H groups in total. The number of hydrogen-bond acceptors (Lipinski definition) is 7. The lowest BCUT2D eigenvalue weighted by atomic mass is 9.84. The van der Waals surface area contributed by atoms with E-state index in [2.05, 4.69) is 105 Å². The van der Waals surface area contributed by atoms with Crippen molar-refractivity contribution in [3.8, 4) is 17.6 Å². The fourth-order valence-electron chi connectivity index (χ4n) is 5.73. The van der Waals surface area contributed by atoms with Gasteiger partial charge in [0.2, 0.25) is 0 Å². The van der Waals surface area contributed by atoms with Gasteiger partial charge < -0.3 is 28.2 Å². The van der Waals surface area contributed by atoms with Gasteiger partial charge in [0.15, 0.2) is 23.4 Å². The predicted octanol–water partition coefficient (Wildman–Crippen LogP) is 9.02. The lowest BCUT2D eigenvalue weighted by molar-refractivity contribution is -0.140. The number of carbonyl (C=O) groups is 1. The molecule has 1 aliphatic carbocycles. The van der Waals surface area contributed by atoms with Crippen LogP contribution < -0.4 is 4.74 Å². The van der Waals surface area contributed by atoms with Gasteiger partial charge in [-0.05, 0) is 73.9 Å². The van der Waals surface area contributed by atoms with Crippen LogP contribution in [0.25, 0.3) is 0 Å². The molecule has 0 amide bonds. The quantitative estimate of drug-likeness (QED) is 0.0605. The van der Waals surface area contributed by atoms with E-state index in [0.29, 0.717) is 31.4 Å². The largest absolute Gasteiger partial charge is 0.469 e. The third kappa shape index (κ3) is 11.3. The molecule has 1 aliphatic rings. The van der Waals surface area contributed by atoms with Crippen LogP contribution in [0.15, 0.2) is 30.4 Å². The van der Waals surface area contributed by atoms with Gasteiger partial charge in [0, 0.05) is 37.4 Å². The first-order chi connectivity index (χ1) is 22.2. The summed E-state index contributed by atoms with van der Waals surface area (Å²) in [5, 5.41) is 12.0. The number of methoxy groups -OCH3 is 2. The summed E-state index contributed by atoms with van der Waals surface area (Å²) in [6.07, 6.45) is 6.37. The van der Waals surface area contributed by atoms with E-state index >= 15 is 0 Å². The second kappa shape index (κ2) is 17.8. The van der Waals surface area contributed by atoms with Crippen LogP contribution in [0.3, 0.4) is 0 Å². The molecule has 0 aliphatic heterocycles. The first kappa shape index (κ1) is 42.2. The van der Waals surface area contributed by atoms with Gasteiger partial charge >= 0.3 is 5.97 Å². The molecule has 6 atom stereocenters. The second-order valence-electron chi connectivity index (χ2n) is 16.5. The Balaban J connectivity index is 2.70. The molecule has 0 bridgehead atoms.